The second kappa shape index (κ2) is 9.63. The highest BCUT2D eigenvalue weighted by Crippen LogP contribution is 2.28. The molecule has 0 aliphatic rings. The molecule has 0 spiro atoms. The molecular weight excluding hydrogens is 416 g/mol. The highest BCUT2D eigenvalue weighted by atomic mass is 35.5. The number of halogens is 1. The molecule has 1 aromatic heterocycles. The summed E-state index contributed by atoms with van der Waals surface area (Å²) in [5, 5.41) is 6.15. The fourth-order valence-corrected chi connectivity index (χ4v) is 3.94. The first-order valence-electron chi connectivity index (χ1n) is 9.97. The number of hydrogen-bond donors (Lipinski definition) is 1. The van der Waals surface area contributed by atoms with Crippen molar-refractivity contribution in [1.82, 2.24) is 4.98 Å². The largest absolute Gasteiger partial charge is 0.493 e. The quantitative estimate of drug-likeness (QED) is 0.406. The van der Waals surface area contributed by atoms with Gasteiger partial charge in [0.1, 0.15) is 5.75 Å². The van der Waals surface area contributed by atoms with Crippen LogP contribution in [0.1, 0.15) is 44.7 Å². The molecule has 2 aromatic carbocycles. The number of ether oxygens (including phenoxy) is 1. The molecule has 0 aliphatic heterocycles. The van der Waals surface area contributed by atoms with E-state index in [9.17, 15) is 4.79 Å². The van der Waals surface area contributed by atoms with E-state index in [0.29, 0.717) is 29.6 Å². The van der Waals surface area contributed by atoms with Gasteiger partial charge in [0, 0.05) is 22.4 Å². The van der Waals surface area contributed by atoms with Gasteiger partial charge in [0.2, 0.25) is 5.91 Å². The van der Waals surface area contributed by atoms with Crippen molar-refractivity contribution in [1.29, 1.82) is 0 Å². The van der Waals surface area contributed by atoms with Crippen molar-refractivity contribution in [3.05, 3.63) is 64.0 Å². The Hall–Kier alpha value is -2.37. The Morgan fingerprint density at radius 1 is 1.17 bits per heavy atom. The third kappa shape index (κ3) is 6.07. The lowest BCUT2D eigenvalue weighted by Gasteiger charge is -2.18. The summed E-state index contributed by atoms with van der Waals surface area (Å²) in [5.41, 5.74) is 4.31. The van der Waals surface area contributed by atoms with Crippen LogP contribution < -0.4 is 10.1 Å². The second-order valence-electron chi connectivity index (χ2n) is 8.28. The normalized spacial score (nSPS) is 11.4. The molecule has 0 atom stereocenters. The van der Waals surface area contributed by atoms with Gasteiger partial charge >= 0.3 is 0 Å². The molecule has 0 unspecified atom stereocenters. The van der Waals surface area contributed by atoms with Crippen LogP contribution in [-0.4, -0.2) is 17.5 Å². The number of rotatable bonds is 7. The maximum atomic E-state index is 12.2. The Morgan fingerprint density at radius 2 is 1.90 bits per heavy atom. The van der Waals surface area contributed by atoms with Gasteiger partial charge in [-0.1, -0.05) is 56.6 Å². The second-order valence-corrected chi connectivity index (χ2v) is 9.57. The number of aryl methyl sites for hydroxylation is 1. The number of anilines is 1. The van der Waals surface area contributed by atoms with Crippen LogP contribution in [0.2, 0.25) is 5.02 Å². The highest BCUT2D eigenvalue weighted by molar-refractivity contribution is 7.14. The van der Waals surface area contributed by atoms with Crippen molar-refractivity contribution in [2.45, 2.75) is 46.0 Å². The van der Waals surface area contributed by atoms with Gasteiger partial charge in [-0.2, -0.15) is 0 Å². The van der Waals surface area contributed by atoms with Crippen molar-refractivity contribution in [2.24, 2.45) is 0 Å². The van der Waals surface area contributed by atoms with Gasteiger partial charge in [-0.3, -0.25) is 4.79 Å². The third-order valence-corrected chi connectivity index (χ3v) is 5.73. The van der Waals surface area contributed by atoms with Crippen LogP contribution in [0, 0.1) is 6.92 Å². The zero-order valence-corrected chi connectivity index (χ0v) is 19.4. The van der Waals surface area contributed by atoms with Gasteiger partial charge in [0.05, 0.1) is 12.3 Å². The molecule has 0 bridgehead atoms. The first-order valence-corrected chi connectivity index (χ1v) is 11.2. The maximum absolute atomic E-state index is 12.2. The third-order valence-electron chi connectivity index (χ3n) is 4.74. The molecular formula is C24H27ClN2O2S. The smallest absolute Gasteiger partial charge is 0.226 e. The fraction of sp³-hybridized carbons (Fsp3) is 0.333. The maximum Gasteiger partial charge on any atom is 0.226 e. The standard InChI is InChI=1S/C24H27ClN2O2S/c1-16-14-19(25)11-12-21(16)29-13-5-6-22(28)27-23-26-20(15-30-23)17-7-9-18(10-8-17)24(2,3)4/h7-12,14-15H,5-6,13H2,1-4H3,(H,26,27,28). The fourth-order valence-electron chi connectivity index (χ4n) is 2.98. The molecule has 6 heteroatoms. The van der Waals surface area contributed by atoms with E-state index >= 15 is 0 Å². The molecule has 1 amide bonds. The topological polar surface area (TPSA) is 51.2 Å². The van der Waals surface area contributed by atoms with Crippen molar-refractivity contribution in [2.75, 3.05) is 11.9 Å². The van der Waals surface area contributed by atoms with Crippen LogP contribution in [0.4, 0.5) is 5.13 Å². The van der Waals surface area contributed by atoms with Gasteiger partial charge in [-0.25, -0.2) is 4.98 Å². The number of aromatic nitrogens is 1. The molecule has 0 fully saturated rings. The average molecular weight is 443 g/mol. The Kier molecular flexibility index (Phi) is 7.16. The number of carbonyl (C=O) groups is 1. The summed E-state index contributed by atoms with van der Waals surface area (Å²) in [6, 6.07) is 13.9. The van der Waals surface area contributed by atoms with E-state index in [1.165, 1.54) is 16.9 Å². The summed E-state index contributed by atoms with van der Waals surface area (Å²) >= 11 is 7.38. The van der Waals surface area contributed by atoms with E-state index in [0.717, 1.165) is 22.6 Å². The summed E-state index contributed by atoms with van der Waals surface area (Å²) < 4.78 is 5.74. The monoisotopic (exact) mass is 442 g/mol. The number of nitrogens with zero attached hydrogens (tertiary/aromatic N) is 1. The first kappa shape index (κ1) is 22.3. The Morgan fingerprint density at radius 3 is 2.57 bits per heavy atom. The lowest BCUT2D eigenvalue weighted by Crippen LogP contribution is -2.12. The van der Waals surface area contributed by atoms with Crippen molar-refractivity contribution >= 4 is 34.0 Å². The Labute approximate surface area is 187 Å². The number of amides is 1. The summed E-state index contributed by atoms with van der Waals surface area (Å²) in [4.78, 5) is 16.8. The Balaban J connectivity index is 1.47. The van der Waals surface area contributed by atoms with E-state index in [1.807, 2.05) is 24.4 Å². The zero-order valence-electron chi connectivity index (χ0n) is 17.8. The number of hydrogen-bond acceptors (Lipinski definition) is 4. The predicted molar refractivity (Wildman–Crippen MR) is 126 cm³/mol. The first-order chi connectivity index (χ1) is 14.2. The molecule has 158 valence electrons. The lowest BCUT2D eigenvalue weighted by molar-refractivity contribution is -0.116. The van der Waals surface area contributed by atoms with Crippen LogP contribution >= 0.6 is 22.9 Å². The van der Waals surface area contributed by atoms with Gasteiger partial charge < -0.3 is 10.1 Å². The molecule has 0 saturated heterocycles. The van der Waals surface area contributed by atoms with Crippen molar-refractivity contribution in [3.63, 3.8) is 0 Å². The highest BCUT2D eigenvalue weighted by Gasteiger charge is 2.14. The molecule has 4 nitrogen and oxygen atoms in total. The van der Waals surface area contributed by atoms with E-state index in [1.54, 1.807) is 6.07 Å². The average Bonchev–Trinajstić information content (AvgIpc) is 3.14. The van der Waals surface area contributed by atoms with Gasteiger partial charge in [-0.05, 0) is 48.1 Å². The number of thiazole rings is 1. The number of carbonyl (C=O) groups excluding carboxylic acids is 1. The van der Waals surface area contributed by atoms with Crippen molar-refractivity contribution < 1.29 is 9.53 Å². The number of nitrogens with one attached hydrogen (secondary N) is 1. The minimum absolute atomic E-state index is 0.0598. The lowest BCUT2D eigenvalue weighted by atomic mass is 9.86. The summed E-state index contributed by atoms with van der Waals surface area (Å²) in [7, 11) is 0. The molecule has 0 aliphatic carbocycles. The summed E-state index contributed by atoms with van der Waals surface area (Å²) in [6.07, 6.45) is 1.00. The summed E-state index contributed by atoms with van der Waals surface area (Å²) in [5.74, 6) is 0.734. The van der Waals surface area contributed by atoms with Gasteiger partial charge in [0.15, 0.2) is 5.13 Å². The van der Waals surface area contributed by atoms with E-state index in [2.05, 4.69) is 55.3 Å². The van der Waals surface area contributed by atoms with Crippen LogP contribution in [0.15, 0.2) is 47.8 Å². The van der Waals surface area contributed by atoms with Crippen LogP contribution in [0.25, 0.3) is 11.3 Å². The SMILES string of the molecule is Cc1cc(Cl)ccc1OCCCC(=O)Nc1nc(-c2ccc(C(C)(C)C)cc2)cs1. The van der Waals surface area contributed by atoms with Crippen molar-refractivity contribution in [3.8, 4) is 17.0 Å². The van der Waals surface area contributed by atoms with Gasteiger partial charge in [0.25, 0.3) is 0 Å². The molecule has 0 saturated carbocycles. The van der Waals surface area contributed by atoms with Gasteiger partial charge in [-0.15, -0.1) is 11.3 Å². The molecule has 3 aromatic rings. The minimum Gasteiger partial charge on any atom is -0.493 e. The van der Waals surface area contributed by atoms with Crippen LogP contribution in [0.5, 0.6) is 5.75 Å². The predicted octanol–water partition coefficient (Wildman–Crippen LogP) is 6.87. The molecule has 30 heavy (non-hydrogen) atoms. The zero-order chi connectivity index (χ0) is 21.7. The molecule has 1 N–H and O–H groups in total. The Bertz CT molecular complexity index is 1010. The molecule has 3 rings (SSSR count). The van der Waals surface area contributed by atoms with E-state index in [4.69, 9.17) is 16.3 Å². The molecule has 1 heterocycles. The molecule has 0 radical (unpaired) electrons. The summed E-state index contributed by atoms with van der Waals surface area (Å²) in [6.45, 7) is 9.00. The minimum atomic E-state index is -0.0598. The van der Waals surface area contributed by atoms with Crippen LogP contribution in [-0.2, 0) is 10.2 Å². The van der Waals surface area contributed by atoms with E-state index in [-0.39, 0.29) is 11.3 Å². The van der Waals surface area contributed by atoms with Crippen LogP contribution in [0.3, 0.4) is 0 Å². The number of benzene rings is 2. The van der Waals surface area contributed by atoms with E-state index < -0.39 is 0 Å².